The molecule has 0 aliphatic carbocycles. The minimum atomic E-state index is -3.49. The Morgan fingerprint density at radius 2 is 1.87 bits per heavy atom. The Morgan fingerprint density at radius 3 is 2.52 bits per heavy atom. The second-order valence-electron chi connectivity index (χ2n) is 8.83. The Balaban J connectivity index is 1.60. The molecule has 0 bridgehead atoms. The molecule has 4 rings (SSSR count). The molecule has 5 nitrogen and oxygen atoms in total. The van der Waals surface area contributed by atoms with Crippen LogP contribution in [0.5, 0.6) is 0 Å². The van der Waals surface area contributed by atoms with E-state index in [9.17, 15) is 8.42 Å². The summed E-state index contributed by atoms with van der Waals surface area (Å²) in [4.78, 5) is 0. The van der Waals surface area contributed by atoms with Gasteiger partial charge in [-0.15, -0.1) is 0 Å². The van der Waals surface area contributed by atoms with Crippen molar-refractivity contribution in [3.05, 3.63) is 71.0 Å². The van der Waals surface area contributed by atoms with Gasteiger partial charge in [0.2, 0.25) is 0 Å². The number of nitrogens with one attached hydrogen (secondary N) is 1. The van der Waals surface area contributed by atoms with E-state index in [0.717, 1.165) is 24.0 Å². The second kappa shape index (κ2) is 8.98. The second-order valence-corrected chi connectivity index (χ2v) is 11.2. The van der Waals surface area contributed by atoms with Gasteiger partial charge < -0.3 is 15.8 Å². The number of hydrogen-bond acceptors (Lipinski definition) is 5. The predicted octanol–water partition coefficient (Wildman–Crippen LogP) is 2.89. The summed E-state index contributed by atoms with van der Waals surface area (Å²) in [5.74, 6) is -0.360. The maximum atomic E-state index is 15.2. The van der Waals surface area contributed by atoms with Crippen molar-refractivity contribution in [2.75, 3.05) is 26.3 Å². The molecule has 3 atom stereocenters. The summed E-state index contributed by atoms with van der Waals surface area (Å²) in [5, 5.41) is 2.00. The number of rotatable bonds is 5. The molecule has 2 fully saturated rings. The predicted molar refractivity (Wildman–Crippen MR) is 120 cm³/mol. The maximum Gasteiger partial charge on any atom is 0.163 e. The van der Waals surface area contributed by atoms with Crippen LogP contribution < -0.4 is 11.1 Å². The number of halogens is 1. The number of ether oxygens (including phenoxy) is 1. The lowest BCUT2D eigenvalue weighted by atomic mass is 9.74. The first kappa shape index (κ1) is 22.4. The highest BCUT2D eigenvalue weighted by molar-refractivity contribution is 7.92. The van der Waals surface area contributed by atoms with Gasteiger partial charge in [0.05, 0.1) is 10.5 Å². The van der Waals surface area contributed by atoms with Crippen LogP contribution in [-0.4, -0.2) is 46.0 Å². The maximum absolute atomic E-state index is 15.2. The molecule has 2 aromatic rings. The highest BCUT2D eigenvalue weighted by atomic mass is 32.2. The molecule has 168 valence electrons. The number of sulfone groups is 1. The Labute approximate surface area is 184 Å². The number of nitrogens with two attached hydrogens (primary N) is 1. The van der Waals surface area contributed by atoms with Crippen LogP contribution in [0.2, 0.25) is 0 Å². The zero-order chi connectivity index (χ0) is 22.1. The molecule has 7 heteroatoms. The van der Waals surface area contributed by atoms with E-state index < -0.39 is 20.3 Å². The van der Waals surface area contributed by atoms with Gasteiger partial charge in [-0.25, -0.2) is 12.8 Å². The standard InChI is InChI=1S/C24H31FN2O3S/c1-17-22(31(28,29)23(15-27-17)18-5-3-2-4-6-18)13-19-7-8-20(14-21(19)25)24(16-26)9-11-30-12-10-24/h2-8,14,17,22-23,27H,9-13,15-16,26H2,1H3/t17-,22?,23-/m0/s1. The first-order valence-electron chi connectivity index (χ1n) is 11.0. The summed E-state index contributed by atoms with van der Waals surface area (Å²) in [5.41, 5.74) is 7.86. The minimum absolute atomic E-state index is 0.144. The molecule has 0 amide bonds. The summed E-state index contributed by atoms with van der Waals surface area (Å²) in [6.07, 6.45) is 1.67. The normalized spacial score (nSPS) is 27.6. The van der Waals surface area contributed by atoms with Gasteiger partial charge in [0.1, 0.15) is 5.82 Å². The fourth-order valence-corrected chi connectivity index (χ4v) is 7.30. The van der Waals surface area contributed by atoms with E-state index in [1.165, 1.54) is 0 Å². The van der Waals surface area contributed by atoms with Crippen LogP contribution in [0, 0.1) is 5.82 Å². The molecule has 2 saturated heterocycles. The van der Waals surface area contributed by atoms with Gasteiger partial charge in [0.25, 0.3) is 0 Å². The van der Waals surface area contributed by atoms with Crippen LogP contribution in [0.1, 0.15) is 41.7 Å². The summed E-state index contributed by atoms with van der Waals surface area (Å²) < 4.78 is 47.6. The van der Waals surface area contributed by atoms with Crippen molar-refractivity contribution in [2.24, 2.45) is 5.73 Å². The first-order valence-corrected chi connectivity index (χ1v) is 12.6. The lowest BCUT2D eigenvalue weighted by molar-refractivity contribution is 0.0528. The van der Waals surface area contributed by atoms with Crippen LogP contribution in [0.25, 0.3) is 0 Å². The molecule has 2 aromatic carbocycles. The third-order valence-corrected chi connectivity index (χ3v) is 9.75. The largest absolute Gasteiger partial charge is 0.381 e. The third-order valence-electron chi connectivity index (χ3n) is 7.10. The van der Waals surface area contributed by atoms with E-state index in [4.69, 9.17) is 10.5 Å². The van der Waals surface area contributed by atoms with Crippen molar-refractivity contribution in [3.8, 4) is 0 Å². The third kappa shape index (κ3) is 4.29. The number of hydrogen-bond donors (Lipinski definition) is 2. The topological polar surface area (TPSA) is 81.4 Å². The van der Waals surface area contributed by atoms with E-state index >= 15 is 4.39 Å². The highest BCUT2D eigenvalue weighted by Gasteiger charge is 2.43. The molecule has 2 heterocycles. The fraction of sp³-hybridized carbons (Fsp3) is 0.500. The molecule has 0 aromatic heterocycles. The Morgan fingerprint density at radius 1 is 1.16 bits per heavy atom. The summed E-state index contributed by atoms with van der Waals surface area (Å²) in [6, 6.07) is 14.2. The molecule has 2 aliphatic heterocycles. The number of benzene rings is 2. The highest BCUT2D eigenvalue weighted by Crippen LogP contribution is 2.36. The Kier molecular flexibility index (Phi) is 6.49. The van der Waals surface area contributed by atoms with Gasteiger partial charge in [-0.3, -0.25) is 0 Å². The van der Waals surface area contributed by atoms with E-state index in [0.29, 0.717) is 31.9 Å². The van der Waals surface area contributed by atoms with Crippen LogP contribution >= 0.6 is 0 Å². The van der Waals surface area contributed by atoms with Gasteiger partial charge in [0, 0.05) is 37.8 Å². The summed E-state index contributed by atoms with van der Waals surface area (Å²) in [7, 11) is -3.49. The lowest BCUT2D eigenvalue weighted by Gasteiger charge is -2.37. The van der Waals surface area contributed by atoms with E-state index in [2.05, 4.69) is 5.32 Å². The lowest BCUT2D eigenvalue weighted by Crippen LogP contribution is -2.53. The van der Waals surface area contributed by atoms with Gasteiger partial charge in [-0.1, -0.05) is 42.5 Å². The van der Waals surface area contributed by atoms with Crippen LogP contribution in [0.4, 0.5) is 4.39 Å². The molecule has 3 N–H and O–H groups in total. The van der Waals surface area contributed by atoms with Crippen LogP contribution in [0.15, 0.2) is 48.5 Å². The van der Waals surface area contributed by atoms with E-state index in [1.807, 2.05) is 43.3 Å². The first-order chi connectivity index (χ1) is 14.9. The molecule has 0 radical (unpaired) electrons. The average molecular weight is 447 g/mol. The molecule has 0 spiro atoms. The molecule has 0 saturated carbocycles. The minimum Gasteiger partial charge on any atom is -0.381 e. The Bertz CT molecular complexity index is 1010. The molecular formula is C24H31FN2O3S. The molecule has 1 unspecified atom stereocenters. The van der Waals surface area contributed by atoms with Crippen LogP contribution in [0.3, 0.4) is 0 Å². The van der Waals surface area contributed by atoms with Crippen molar-refractivity contribution in [3.63, 3.8) is 0 Å². The average Bonchev–Trinajstić information content (AvgIpc) is 2.78. The van der Waals surface area contributed by atoms with Crippen molar-refractivity contribution < 1.29 is 17.5 Å². The molecule has 2 aliphatic rings. The zero-order valence-electron chi connectivity index (χ0n) is 17.9. The Hall–Kier alpha value is -1.80. The van der Waals surface area contributed by atoms with Crippen LogP contribution in [-0.2, 0) is 26.4 Å². The van der Waals surface area contributed by atoms with Gasteiger partial charge in [-0.2, -0.15) is 0 Å². The fourth-order valence-electron chi connectivity index (χ4n) is 4.94. The van der Waals surface area contributed by atoms with Gasteiger partial charge in [0.15, 0.2) is 9.84 Å². The molecular weight excluding hydrogens is 415 g/mol. The van der Waals surface area contributed by atoms with E-state index in [-0.39, 0.29) is 23.7 Å². The van der Waals surface area contributed by atoms with Crippen molar-refractivity contribution in [1.29, 1.82) is 0 Å². The van der Waals surface area contributed by atoms with Gasteiger partial charge in [-0.05, 0) is 48.9 Å². The van der Waals surface area contributed by atoms with Gasteiger partial charge >= 0.3 is 0 Å². The monoisotopic (exact) mass is 446 g/mol. The van der Waals surface area contributed by atoms with Crippen molar-refractivity contribution in [2.45, 2.75) is 48.1 Å². The summed E-state index contributed by atoms with van der Waals surface area (Å²) >= 11 is 0. The van der Waals surface area contributed by atoms with Crippen molar-refractivity contribution in [1.82, 2.24) is 5.32 Å². The summed E-state index contributed by atoms with van der Waals surface area (Å²) in [6.45, 7) is 3.90. The smallest absolute Gasteiger partial charge is 0.163 e. The zero-order valence-corrected chi connectivity index (χ0v) is 18.7. The SMILES string of the molecule is C[C@@H]1NC[C@@H](c2ccccc2)S(=O)(=O)C1Cc1ccc(C2(CN)CCOCC2)cc1F. The quantitative estimate of drug-likeness (QED) is 0.738. The van der Waals surface area contributed by atoms with E-state index in [1.54, 1.807) is 12.1 Å². The molecule has 31 heavy (non-hydrogen) atoms. The van der Waals surface area contributed by atoms with Crippen molar-refractivity contribution >= 4 is 9.84 Å².